The summed E-state index contributed by atoms with van der Waals surface area (Å²) in [5.74, 6) is 0.232. The monoisotopic (exact) mass is 222 g/mol. The summed E-state index contributed by atoms with van der Waals surface area (Å²) in [6.45, 7) is 6.00. The lowest BCUT2D eigenvalue weighted by molar-refractivity contribution is -0.149. The van der Waals surface area contributed by atoms with Crippen LogP contribution < -0.4 is 5.73 Å². The van der Waals surface area contributed by atoms with Gasteiger partial charge in [0.15, 0.2) is 0 Å². The Balaban J connectivity index is 3.04. The lowest BCUT2D eigenvalue weighted by Gasteiger charge is -2.25. The third kappa shape index (κ3) is 2.32. The van der Waals surface area contributed by atoms with Gasteiger partial charge in [-0.2, -0.15) is 0 Å². The molecule has 0 aliphatic heterocycles. The molecule has 2 N–H and O–H groups in total. The summed E-state index contributed by atoms with van der Waals surface area (Å²) < 4.78 is 5.08. The summed E-state index contributed by atoms with van der Waals surface area (Å²) in [7, 11) is 0. The van der Waals surface area contributed by atoms with Crippen LogP contribution in [0.2, 0.25) is 0 Å². The summed E-state index contributed by atoms with van der Waals surface area (Å²) in [6.07, 6.45) is 2.30. The van der Waals surface area contributed by atoms with Crippen molar-refractivity contribution in [1.82, 2.24) is 4.98 Å². The topological polar surface area (TPSA) is 65.2 Å². The van der Waals surface area contributed by atoms with E-state index < -0.39 is 5.41 Å². The number of carbonyl (C=O) groups excluding carboxylic acids is 1. The highest BCUT2D eigenvalue weighted by atomic mass is 16.5. The van der Waals surface area contributed by atoms with Crippen molar-refractivity contribution in [2.24, 2.45) is 0 Å². The van der Waals surface area contributed by atoms with Gasteiger partial charge in [-0.05, 0) is 31.9 Å². The summed E-state index contributed by atoms with van der Waals surface area (Å²) in [6, 6.07) is 3.52. The molecule has 0 aliphatic rings. The zero-order valence-electron chi connectivity index (χ0n) is 9.99. The highest BCUT2D eigenvalue weighted by Gasteiger charge is 2.35. The molecule has 1 unspecified atom stereocenters. The summed E-state index contributed by atoms with van der Waals surface area (Å²) >= 11 is 0. The summed E-state index contributed by atoms with van der Waals surface area (Å²) in [5.41, 5.74) is 5.71. The van der Waals surface area contributed by atoms with Crippen LogP contribution in [-0.4, -0.2) is 17.6 Å². The quantitative estimate of drug-likeness (QED) is 0.790. The Labute approximate surface area is 95.8 Å². The normalized spacial score (nSPS) is 14.2. The number of nitrogens with two attached hydrogens (primary N) is 1. The Morgan fingerprint density at radius 1 is 1.50 bits per heavy atom. The molecule has 4 heteroatoms. The van der Waals surface area contributed by atoms with E-state index >= 15 is 0 Å². The van der Waals surface area contributed by atoms with Crippen LogP contribution >= 0.6 is 0 Å². The van der Waals surface area contributed by atoms with Crippen molar-refractivity contribution in [2.45, 2.75) is 32.6 Å². The fraction of sp³-hybridized carbons (Fsp3) is 0.500. The maximum atomic E-state index is 11.9. The van der Waals surface area contributed by atoms with Crippen LogP contribution in [0.25, 0.3) is 0 Å². The van der Waals surface area contributed by atoms with Crippen LogP contribution in [0.4, 0.5) is 5.82 Å². The van der Waals surface area contributed by atoms with Gasteiger partial charge in [-0.1, -0.05) is 13.0 Å². The number of anilines is 1. The zero-order valence-corrected chi connectivity index (χ0v) is 9.99. The van der Waals surface area contributed by atoms with Crippen molar-refractivity contribution in [2.75, 3.05) is 12.3 Å². The molecule has 1 rings (SSSR count). The predicted octanol–water partition coefficient (Wildman–Crippen LogP) is 1.89. The van der Waals surface area contributed by atoms with E-state index in [2.05, 4.69) is 4.98 Å². The number of hydrogen-bond acceptors (Lipinski definition) is 4. The van der Waals surface area contributed by atoms with Gasteiger partial charge in [0.25, 0.3) is 0 Å². The van der Waals surface area contributed by atoms with Gasteiger partial charge in [0, 0.05) is 6.20 Å². The molecule has 0 bridgehead atoms. The van der Waals surface area contributed by atoms with E-state index in [0.717, 1.165) is 5.56 Å². The zero-order chi connectivity index (χ0) is 12.2. The fourth-order valence-electron chi connectivity index (χ4n) is 1.49. The molecule has 1 atom stereocenters. The van der Waals surface area contributed by atoms with Crippen molar-refractivity contribution >= 4 is 11.8 Å². The molecule has 4 nitrogen and oxygen atoms in total. The molecule has 0 saturated carbocycles. The first-order valence-electron chi connectivity index (χ1n) is 5.43. The highest BCUT2D eigenvalue weighted by molar-refractivity contribution is 5.82. The highest BCUT2D eigenvalue weighted by Crippen LogP contribution is 2.28. The number of pyridine rings is 1. The number of nitrogens with zero attached hydrogens (tertiary/aromatic N) is 1. The fourth-order valence-corrected chi connectivity index (χ4v) is 1.49. The largest absolute Gasteiger partial charge is 0.465 e. The molecule has 88 valence electrons. The van der Waals surface area contributed by atoms with E-state index in [0.29, 0.717) is 18.8 Å². The Kier molecular flexibility index (Phi) is 3.88. The van der Waals surface area contributed by atoms with Gasteiger partial charge >= 0.3 is 5.97 Å². The molecule has 1 aromatic heterocycles. The second kappa shape index (κ2) is 4.96. The third-order valence-electron chi connectivity index (χ3n) is 2.86. The van der Waals surface area contributed by atoms with Gasteiger partial charge in [-0.25, -0.2) is 4.98 Å². The first-order chi connectivity index (χ1) is 7.54. The number of carbonyl (C=O) groups is 1. The minimum Gasteiger partial charge on any atom is -0.465 e. The maximum absolute atomic E-state index is 11.9. The Hall–Kier alpha value is -1.58. The molecule has 0 spiro atoms. The van der Waals surface area contributed by atoms with Crippen LogP contribution in [0.15, 0.2) is 18.3 Å². The molecule has 0 saturated heterocycles. The van der Waals surface area contributed by atoms with Crippen molar-refractivity contribution < 1.29 is 9.53 Å². The Morgan fingerprint density at radius 2 is 2.19 bits per heavy atom. The van der Waals surface area contributed by atoms with Gasteiger partial charge < -0.3 is 10.5 Å². The maximum Gasteiger partial charge on any atom is 0.316 e. The molecular weight excluding hydrogens is 204 g/mol. The van der Waals surface area contributed by atoms with Crippen LogP contribution in [0, 0.1) is 0 Å². The van der Waals surface area contributed by atoms with Crippen molar-refractivity contribution in [1.29, 1.82) is 0 Å². The molecule has 16 heavy (non-hydrogen) atoms. The molecule has 1 aromatic rings. The average Bonchev–Trinajstić information content (AvgIpc) is 2.29. The van der Waals surface area contributed by atoms with Gasteiger partial charge in [-0.3, -0.25) is 4.79 Å². The lowest BCUT2D eigenvalue weighted by atomic mass is 9.81. The SMILES string of the molecule is CCOC(=O)C(C)(CC)c1ccc(N)nc1. The minimum absolute atomic E-state index is 0.218. The lowest BCUT2D eigenvalue weighted by Crippen LogP contribution is -2.34. The average molecular weight is 222 g/mol. The molecule has 0 aliphatic carbocycles. The second-order valence-corrected chi connectivity index (χ2v) is 3.88. The predicted molar refractivity (Wildman–Crippen MR) is 62.9 cm³/mol. The smallest absolute Gasteiger partial charge is 0.316 e. The Morgan fingerprint density at radius 3 is 2.62 bits per heavy atom. The Bertz CT molecular complexity index is 362. The standard InChI is InChI=1S/C12H18N2O2/c1-4-12(3,11(15)16-5-2)9-6-7-10(13)14-8-9/h6-8H,4-5H2,1-3H3,(H2,13,14). The van der Waals surface area contributed by atoms with Crippen molar-refractivity contribution in [3.8, 4) is 0 Å². The van der Waals surface area contributed by atoms with E-state index in [-0.39, 0.29) is 5.97 Å². The molecule has 0 fully saturated rings. The number of esters is 1. The molecule has 0 amide bonds. The first-order valence-corrected chi connectivity index (χ1v) is 5.43. The summed E-state index contributed by atoms with van der Waals surface area (Å²) in [5, 5.41) is 0. The van der Waals surface area contributed by atoms with Gasteiger partial charge in [0.05, 0.1) is 12.0 Å². The van der Waals surface area contributed by atoms with Crippen LogP contribution in [0.3, 0.4) is 0 Å². The van der Waals surface area contributed by atoms with Crippen molar-refractivity contribution in [3.63, 3.8) is 0 Å². The van der Waals surface area contributed by atoms with Crippen molar-refractivity contribution in [3.05, 3.63) is 23.9 Å². The van der Waals surface area contributed by atoms with E-state index in [1.54, 1.807) is 19.2 Å². The van der Waals surface area contributed by atoms with Crippen LogP contribution in [0.1, 0.15) is 32.8 Å². The van der Waals surface area contributed by atoms with Gasteiger partial charge in [0.2, 0.25) is 0 Å². The second-order valence-electron chi connectivity index (χ2n) is 3.88. The summed E-state index contributed by atoms with van der Waals surface area (Å²) in [4.78, 5) is 15.9. The number of aromatic nitrogens is 1. The van der Waals surface area contributed by atoms with E-state index in [1.807, 2.05) is 19.9 Å². The number of rotatable bonds is 4. The van der Waals surface area contributed by atoms with E-state index in [4.69, 9.17) is 10.5 Å². The first kappa shape index (κ1) is 12.5. The molecule has 1 heterocycles. The number of nitrogen functional groups attached to an aromatic ring is 1. The van der Waals surface area contributed by atoms with E-state index in [9.17, 15) is 4.79 Å². The van der Waals surface area contributed by atoms with Gasteiger partial charge in [-0.15, -0.1) is 0 Å². The molecule has 0 aromatic carbocycles. The molecular formula is C12H18N2O2. The van der Waals surface area contributed by atoms with E-state index in [1.165, 1.54) is 0 Å². The van der Waals surface area contributed by atoms with Crippen LogP contribution in [0.5, 0.6) is 0 Å². The number of hydrogen-bond donors (Lipinski definition) is 1. The number of ether oxygens (including phenoxy) is 1. The molecule has 0 radical (unpaired) electrons. The van der Waals surface area contributed by atoms with Gasteiger partial charge in [0.1, 0.15) is 5.82 Å². The third-order valence-corrected chi connectivity index (χ3v) is 2.86. The minimum atomic E-state index is -0.642. The van der Waals surface area contributed by atoms with Crippen LogP contribution in [-0.2, 0) is 14.9 Å².